The third-order valence-electron chi connectivity index (χ3n) is 5.04. The number of rotatable bonds is 8. The van der Waals surface area contributed by atoms with Crippen molar-refractivity contribution in [3.8, 4) is 17.0 Å². The largest absolute Gasteiger partial charge is 0.496 e. The summed E-state index contributed by atoms with van der Waals surface area (Å²) in [6, 6.07) is 11.6. The van der Waals surface area contributed by atoms with Crippen molar-refractivity contribution >= 4 is 33.7 Å². The number of carbonyl (C=O) groups is 1. The first kappa shape index (κ1) is 21.0. The van der Waals surface area contributed by atoms with Gasteiger partial charge in [0.15, 0.2) is 5.13 Å². The Labute approximate surface area is 184 Å². The molecule has 4 rings (SSSR count). The Morgan fingerprint density at radius 1 is 1.20 bits per heavy atom. The SMILES string of the molecule is COc1ccccc1-c1csc(N(CCCN2CCOCC2)C(=O)c2cccs2)n1. The number of hydrogen-bond acceptors (Lipinski definition) is 7. The zero-order valence-electron chi connectivity index (χ0n) is 17.0. The first-order chi connectivity index (χ1) is 14.8. The molecular formula is C22H25N3O3S2. The van der Waals surface area contributed by atoms with Gasteiger partial charge in [-0.15, -0.1) is 22.7 Å². The van der Waals surface area contributed by atoms with Crippen LogP contribution in [0.25, 0.3) is 11.3 Å². The predicted molar refractivity (Wildman–Crippen MR) is 122 cm³/mol. The third-order valence-corrected chi connectivity index (χ3v) is 6.76. The number of ether oxygens (including phenoxy) is 2. The number of morpholine rings is 1. The van der Waals surface area contributed by atoms with Crippen LogP contribution >= 0.6 is 22.7 Å². The van der Waals surface area contributed by atoms with Crippen molar-refractivity contribution in [3.05, 3.63) is 52.0 Å². The van der Waals surface area contributed by atoms with Gasteiger partial charge in [0.25, 0.3) is 5.91 Å². The molecule has 3 heterocycles. The van der Waals surface area contributed by atoms with E-state index < -0.39 is 0 Å². The van der Waals surface area contributed by atoms with E-state index in [1.165, 1.54) is 22.7 Å². The van der Waals surface area contributed by atoms with E-state index in [0.717, 1.165) is 66.3 Å². The Morgan fingerprint density at radius 3 is 2.80 bits per heavy atom. The molecule has 1 aromatic carbocycles. The molecule has 3 aromatic rings. The second-order valence-corrected chi connectivity index (χ2v) is 8.74. The molecule has 1 saturated heterocycles. The average Bonchev–Trinajstić information content (AvgIpc) is 3.49. The van der Waals surface area contributed by atoms with Gasteiger partial charge in [-0.25, -0.2) is 4.98 Å². The summed E-state index contributed by atoms with van der Waals surface area (Å²) in [4.78, 5) is 22.9. The van der Waals surface area contributed by atoms with Gasteiger partial charge in [-0.1, -0.05) is 18.2 Å². The van der Waals surface area contributed by atoms with Gasteiger partial charge in [-0.3, -0.25) is 14.6 Å². The van der Waals surface area contributed by atoms with E-state index in [-0.39, 0.29) is 5.91 Å². The molecule has 0 radical (unpaired) electrons. The van der Waals surface area contributed by atoms with E-state index in [2.05, 4.69) is 4.90 Å². The van der Waals surface area contributed by atoms with E-state index >= 15 is 0 Å². The number of methoxy groups -OCH3 is 1. The number of hydrogen-bond donors (Lipinski definition) is 0. The van der Waals surface area contributed by atoms with Crippen LogP contribution < -0.4 is 9.64 Å². The number of aromatic nitrogens is 1. The van der Waals surface area contributed by atoms with Crippen LogP contribution in [-0.4, -0.2) is 62.3 Å². The zero-order valence-corrected chi connectivity index (χ0v) is 18.6. The number of benzene rings is 1. The quantitative estimate of drug-likeness (QED) is 0.521. The van der Waals surface area contributed by atoms with Gasteiger partial charge in [0.2, 0.25) is 0 Å². The van der Waals surface area contributed by atoms with Crippen LogP contribution in [0.3, 0.4) is 0 Å². The highest BCUT2D eigenvalue weighted by atomic mass is 32.1. The molecular weight excluding hydrogens is 418 g/mol. The summed E-state index contributed by atoms with van der Waals surface area (Å²) in [7, 11) is 1.66. The second kappa shape index (κ2) is 10.2. The molecule has 1 fully saturated rings. The third kappa shape index (κ3) is 4.89. The van der Waals surface area contributed by atoms with Crippen molar-refractivity contribution in [2.24, 2.45) is 0 Å². The fraction of sp³-hybridized carbons (Fsp3) is 0.364. The number of para-hydroxylation sites is 1. The Bertz CT molecular complexity index is 952. The van der Waals surface area contributed by atoms with Crippen molar-refractivity contribution in [3.63, 3.8) is 0 Å². The lowest BCUT2D eigenvalue weighted by Gasteiger charge is -2.27. The van der Waals surface area contributed by atoms with Gasteiger partial charge in [0.1, 0.15) is 5.75 Å². The highest BCUT2D eigenvalue weighted by Gasteiger charge is 2.23. The molecule has 1 amide bonds. The van der Waals surface area contributed by atoms with Gasteiger partial charge in [0, 0.05) is 37.1 Å². The van der Waals surface area contributed by atoms with E-state index in [1.54, 1.807) is 7.11 Å². The highest BCUT2D eigenvalue weighted by Crippen LogP contribution is 2.34. The number of thiazole rings is 1. The van der Waals surface area contributed by atoms with Crippen LogP contribution in [0.4, 0.5) is 5.13 Å². The molecule has 0 N–H and O–H groups in total. The zero-order chi connectivity index (χ0) is 20.8. The predicted octanol–water partition coefficient (Wildman–Crippen LogP) is 4.25. The summed E-state index contributed by atoms with van der Waals surface area (Å²) in [6.07, 6.45) is 0.890. The summed E-state index contributed by atoms with van der Waals surface area (Å²) in [5, 5.41) is 4.64. The molecule has 30 heavy (non-hydrogen) atoms. The first-order valence-corrected chi connectivity index (χ1v) is 11.8. The lowest BCUT2D eigenvalue weighted by molar-refractivity contribution is 0.0376. The van der Waals surface area contributed by atoms with Crippen LogP contribution in [-0.2, 0) is 4.74 Å². The lowest BCUT2D eigenvalue weighted by Crippen LogP contribution is -2.39. The van der Waals surface area contributed by atoms with E-state index in [0.29, 0.717) is 6.54 Å². The smallest absolute Gasteiger partial charge is 0.270 e. The van der Waals surface area contributed by atoms with Crippen LogP contribution in [0.15, 0.2) is 47.2 Å². The molecule has 0 aliphatic carbocycles. The average molecular weight is 444 g/mol. The van der Waals surface area contributed by atoms with Crippen molar-refractivity contribution in [2.45, 2.75) is 6.42 Å². The fourth-order valence-electron chi connectivity index (χ4n) is 3.46. The van der Waals surface area contributed by atoms with E-state index in [1.807, 2.05) is 52.1 Å². The second-order valence-electron chi connectivity index (χ2n) is 6.96. The lowest BCUT2D eigenvalue weighted by atomic mass is 10.1. The Kier molecular flexibility index (Phi) is 7.11. The molecule has 0 bridgehead atoms. The first-order valence-electron chi connectivity index (χ1n) is 10.0. The minimum Gasteiger partial charge on any atom is -0.496 e. The minimum atomic E-state index is 0.00732. The molecule has 2 aromatic heterocycles. The standard InChI is InChI=1S/C22H25N3O3S2/c1-27-19-7-3-2-6-17(19)18-16-30-22(23-18)25(21(26)20-8-4-15-29-20)10-5-9-24-11-13-28-14-12-24/h2-4,6-8,15-16H,5,9-14H2,1H3. The number of carbonyl (C=O) groups excluding carboxylic acids is 1. The van der Waals surface area contributed by atoms with Gasteiger partial charge in [-0.05, 0) is 30.0 Å². The summed E-state index contributed by atoms with van der Waals surface area (Å²) in [5.74, 6) is 0.783. The minimum absolute atomic E-state index is 0.00732. The molecule has 158 valence electrons. The normalized spacial score (nSPS) is 14.6. The molecule has 6 nitrogen and oxygen atoms in total. The maximum atomic E-state index is 13.2. The number of amides is 1. The van der Waals surface area contributed by atoms with E-state index in [4.69, 9.17) is 14.5 Å². The molecule has 1 aliphatic heterocycles. The summed E-state index contributed by atoms with van der Waals surface area (Å²) in [6.45, 7) is 5.05. The van der Waals surface area contributed by atoms with Crippen molar-refractivity contribution in [1.29, 1.82) is 0 Å². The Balaban J connectivity index is 1.53. The highest BCUT2D eigenvalue weighted by molar-refractivity contribution is 7.14. The Hall–Kier alpha value is -2.26. The molecule has 0 spiro atoms. The number of anilines is 1. The summed E-state index contributed by atoms with van der Waals surface area (Å²) in [5.41, 5.74) is 1.75. The fourth-order valence-corrected chi connectivity index (χ4v) is 4.98. The summed E-state index contributed by atoms with van der Waals surface area (Å²) < 4.78 is 10.9. The van der Waals surface area contributed by atoms with Gasteiger partial charge in [-0.2, -0.15) is 0 Å². The molecule has 1 aliphatic rings. The van der Waals surface area contributed by atoms with Gasteiger partial charge < -0.3 is 9.47 Å². The van der Waals surface area contributed by atoms with Crippen molar-refractivity contribution in [2.75, 3.05) is 51.4 Å². The maximum absolute atomic E-state index is 13.2. The summed E-state index contributed by atoms with van der Waals surface area (Å²) >= 11 is 2.96. The van der Waals surface area contributed by atoms with Crippen molar-refractivity contribution in [1.82, 2.24) is 9.88 Å². The topological polar surface area (TPSA) is 54.9 Å². The Morgan fingerprint density at radius 2 is 2.03 bits per heavy atom. The van der Waals surface area contributed by atoms with Crippen LogP contribution in [0.5, 0.6) is 5.75 Å². The molecule has 8 heteroatoms. The molecule has 0 atom stereocenters. The van der Waals surface area contributed by atoms with Gasteiger partial charge in [0.05, 0.1) is 30.9 Å². The van der Waals surface area contributed by atoms with Crippen LogP contribution in [0.2, 0.25) is 0 Å². The van der Waals surface area contributed by atoms with Crippen LogP contribution in [0.1, 0.15) is 16.1 Å². The monoisotopic (exact) mass is 443 g/mol. The van der Waals surface area contributed by atoms with Gasteiger partial charge >= 0.3 is 0 Å². The maximum Gasteiger partial charge on any atom is 0.270 e. The molecule has 0 unspecified atom stereocenters. The van der Waals surface area contributed by atoms with Crippen LogP contribution in [0, 0.1) is 0 Å². The molecule has 0 saturated carbocycles. The van der Waals surface area contributed by atoms with Crippen molar-refractivity contribution < 1.29 is 14.3 Å². The van der Waals surface area contributed by atoms with E-state index in [9.17, 15) is 4.79 Å². The number of nitrogens with zero attached hydrogens (tertiary/aromatic N) is 3. The number of thiophene rings is 1.